The number of hydrogen-bond donors (Lipinski definition) is 2. The highest BCUT2D eigenvalue weighted by molar-refractivity contribution is 5.73. The van der Waals surface area contributed by atoms with Crippen molar-refractivity contribution in [2.45, 2.75) is 118 Å². The molecule has 2 saturated heterocycles. The third-order valence-corrected chi connectivity index (χ3v) is 17.0. The van der Waals surface area contributed by atoms with Crippen molar-refractivity contribution in [2.24, 2.45) is 62.4 Å². The average Bonchev–Trinajstić information content (AvgIpc) is 3.61. The Morgan fingerprint density at radius 1 is 1.07 bits per heavy atom. The fourth-order valence-corrected chi connectivity index (χ4v) is 13.5. The Bertz CT molecular complexity index is 1790. The molecule has 11 heteroatoms. The first-order valence-electron chi connectivity index (χ1n) is 20.5. The lowest BCUT2D eigenvalue weighted by molar-refractivity contribution is -0.253. The Hall–Kier alpha value is -2.73. The summed E-state index contributed by atoms with van der Waals surface area (Å²) in [5.74, 6) is 0.0610. The van der Waals surface area contributed by atoms with Gasteiger partial charge in [0, 0.05) is 35.8 Å². The lowest BCUT2D eigenvalue weighted by atomic mass is 9.34. The topological polar surface area (TPSA) is 135 Å². The van der Waals surface area contributed by atoms with E-state index in [0.717, 1.165) is 44.9 Å². The van der Waals surface area contributed by atoms with Crippen molar-refractivity contribution in [2.75, 3.05) is 33.0 Å². The number of carboxylic acid groups (broad SMARTS) is 1. The summed E-state index contributed by atoms with van der Waals surface area (Å²) in [4.78, 5) is 22.2. The van der Waals surface area contributed by atoms with Gasteiger partial charge in [-0.1, -0.05) is 60.1 Å². The molecular formula is C43H62FN5O5. The molecule has 0 amide bonds. The molecule has 3 saturated carbocycles. The highest BCUT2D eigenvalue weighted by Crippen LogP contribution is 2.75. The normalized spacial score (nSPS) is 42.0. The predicted molar refractivity (Wildman–Crippen MR) is 203 cm³/mol. The van der Waals surface area contributed by atoms with Crippen LogP contribution in [-0.4, -0.2) is 75.5 Å². The van der Waals surface area contributed by atoms with Crippen LogP contribution in [0.3, 0.4) is 0 Å². The van der Waals surface area contributed by atoms with Crippen LogP contribution in [0.25, 0.3) is 11.4 Å². The zero-order chi connectivity index (χ0) is 38.5. The SMILES string of the molecule is CC(C)[C@@H](C)[C@@]1(C)CC[C@]2(C)[C@H]3CC[C@@H]4C5(COC[C@]4(C)[C@@H](OCC4(N)CCOCC4)[C@H](n4ncnc4-c4ccncc4F)C5)C3=CC[C@@]2(C)[C@@H]1C(=O)O. The Morgan fingerprint density at radius 3 is 2.54 bits per heavy atom. The van der Waals surface area contributed by atoms with E-state index in [4.69, 9.17) is 25.0 Å². The summed E-state index contributed by atoms with van der Waals surface area (Å²) in [5, 5.41) is 16.0. The van der Waals surface area contributed by atoms with Gasteiger partial charge in [0.2, 0.25) is 0 Å². The fourth-order valence-electron chi connectivity index (χ4n) is 13.5. The standard InChI is InChI=1S/C43H62FN5O5/c1-26(2)27(3)38(4)13-14-40(6)29-8-9-33-39(5)22-53-24-43(33,30(29)10-12-41(40,7)34(38)37(50)51)20-32(35(39)54-23-42(45)15-18-52-19-16-42)49-36(47-25-48-49)28-11-17-46-21-31(28)44/h10-11,17,21,25-27,29,32-35H,8-9,12-16,18-20,22-24,45H2,1-7H3,(H,50,51)/t27-,29+,32-,33+,34-,35+,38-,39+,40-,41+,43?/m1/s1. The summed E-state index contributed by atoms with van der Waals surface area (Å²) in [6, 6.07) is 1.38. The molecule has 296 valence electrons. The van der Waals surface area contributed by atoms with Crippen LogP contribution in [0, 0.1) is 62.5 Å². The second-order valence-corrected chi connectivity index (χ2v) is 19.7. The van der Waals surface area contributed by atoms with E-state index < -0.39 is 34.1 Å². The number of allylic oxidation sites excluding steroid dienone is 1. The molecule has 2 aromatic heterocycles. The van der Waals surface area contributed by atoms with Gasteiger partial charge in [-0.3, -0.25) is 9.78 Å². The minimum atomic E-state index is -0.655. The minimum absolute atomic E-state index is 0.208. The summed E-state index contributed by atoms with van der Waals surface area (Å²) in [7, 11) is 0. The molecule has 10 nitrogen and oxygen atoms in total. The molecule has 5 fully saturated rings. The molecule has 0 radical (unpaired) electrons. The van der Waals surface area contributed by atoms with Gasteiger partial charge in [-0.05, 0) is 97.3 Å². The molecule has 54 heavy (non-hydrogen) atoms. The zero-order valence-electron chi connectivity index (χ0n) is 33.4. The van der Waals surface area contributed by atoms with Crippen LogP contribution in [-0.2, 0) is 19.0 Å². The van der Waals surface area contributed by atoms with Crippen molar-refractivity contribution < 1.29 is 28.5 Å². The molecule has 2 bridgehead atoms. The van der Waals surface area contributed by atoms with Gasteiger partial charge in [0.15, 0.2) is 11.6 Å². The number of aliphatic carboxylic acids is 1. The van der Waals surface area contributed by atoms with E-state index in [1.807, 2.05) is 4.68 Å². The van der Waals surface area contributed by atoms with Gasteiger partial charge >= 0.3 is 5.97 Å². The number of carboxylic acids is 1. The average molecular weight is 748 g/mol. The second kappa shape index (κ2) is 13.2. The number of pyridine rings is 1. The number of nitrogens with zero attached hydrogens (tertiary/aromatic N) is 4. The van der Waals surface area contributed by atoms with Crippen LogP contribution in [0.5, 0.6) is 0 Å². The molecule has 0 aromatic carbocycles. The van der Waals surface area contributed by atoms with Crippen LogP contribution in [0.1, 0.15) is 106 Å². The molecule has 2 aromatic rings. The first kappa shape index (κ1) is 38.2. The Morgan fingerprint density at radius 2 is 1.83 bits per heavy atom. The maximum absolute atomic E-state index is 15.4. The Kier molecular flexibility index (Phi) is 9.30. The maximum atomic E-state index is 15.4. The van der Waals surface area contributed by atoms with Gasteiger partial charge < -0.3 is 25.1 Å². The smallest absolute Gasteiger partial charge is 0.307 e. The van der Waals surface area contributed by atoms with Gasteiger partial charge in [0.1, 0.15) is 6.33 Å². The molecule has 3 N–H and O–H groups in total. The number of halogens is 1. The summed E-state index contributed by atoms with van der Waals surface area (Å²) in [5.41, 5.74) is 6.60. The number of ether oxygens (including phenoxy) is 3. The molecule has 2 aliphatic heterocycles. The fraction of sp³-hybridized carbons (Fsp3) is 0.767. The maximum Gasteiger partial charge on any atom is 0.307 e. The van der Waals surface area contributed by atoms with Crippen LogP contribution in [0.15, 0.2) is 36.4 Å². The molecule has 11 atom stereocenters. The summed E-state index contributed by atoms with van der Waals surface area (Å²) in [6.45, 7) is 18.8. The quantitative estimate of drug-likeness (QED) is 0.263. The molecule has 4 aliphatic carbocycles. The van der Waals surface area contributed by atoms with Crippen LogP contribution in [0.4, 0.5) is 4.39 Å². The number of fused-ring (bicyclic) bond motifs is 3. The highest BCUT2D eigenvalue weighted by atomic mass is 19.1. The van der Waals surface area contributed by atoms with Crippen LogP contribution < -0.4 is 5.73 Å². The molecular weight excluding hydrogens is 686 g/mol. The van der Waals surface area contributed by atoms with Crippen molar-refractivity contribution in [1.82, 2.24) is 19.7 Å². The van der Waals surface area contributed by atoms with E-state index >= 15 is 4.39 Å². The third-order valence-electron chi connectivity index (χ3n) is 17.0. The van der Waals surface area contributed by atoms with Crippen LogP contribution >= 0.6 is 0 Å². The van der Waals surface area contributed by atoms with Gasteiger partial charge in [-0.15, -0.1) is 0 Å². The van der Waals surface area contributed by atoms with Crippen molar-refractivity contribution in [1.29, 1.82) is 0 Å². The van der Waals surface area contributed by atoms with Gasteiger partial charge in [0.25, 0.3) is 0 Å². The van der Waals surface area contributed by atoms with Crippen molar-refractivity contribution >= 4 is 5.97 Å². The molecule has 8 rings (SSSR count). The van der Waals surface area contributed by atoms with Crippen LogP contribution in [0.2, 0.25) is 0 Å². The summed E-state index contributed by atoms with van der Waals surface area (Å²) >= 11 is 0. The Balaban J connectivity index is 1.24. The summed E-state index contributed by atoms with van der Waals surface area (Å²) < 4.78 is 36.9. The first-order chi connectivity index (χ1) is 25.5. The van der Waals surface area contributed by atoms with E-state index in [1.165, 1.54) is 18.1 Å². The van der Waals surface area contributed by atoms with Crippen molar-refractivity contribution in [3.05, 3.63) is 42.3 Å². The zero-order valence-corrected chi connectivity index (χ0v) is 33.4. The van der Waals surface area contributed by atoms with Gasteiger partial charge in [0.05, 0.1) is 49.6 Å². The third kappa shape index (κ3) is 5.37. The minimum Gasteiger partial charge on any atom is -0.481 e. The lowest BCUT2D eigenvalue weighted by Gasteiger charge is -2.71. The van der Waals surface area contributed by atoms with E-state index in [9.17, 15) is 9.90 Å². The summed E-state index contributed by atoms with van der Waals surface area (Å²) in [6.07, 6.45) is 13.2. The molecule has 6 aliphatic rings. The van der Waals surface area contributed by atoms with E-state index in [1.54, 1.807) is 12.3 Å². The molecule has 4 heterocycles. The number of aromatic nitrogens is 4. The van der Waals surface area contributed by atoms with Crippen molar-refractivity contribution in [3.8, 4) is 11.4 Å². The predicted octanol–water partition coefficient (Wildman–Crippen LogP) is 7.50. The highest BCUT2D eigenvalue weighted by Gasteiger charge is 2.72. The van der Waals surface area contributed by atoms with Gasteiger partial charge in [-0.2, -0.15) is 5.10 Å². The Labute approximate surface area is 320 Å². The number of carbonyl (C=O) groups is 1. The monoisotopic (exact) mass is 747 g/mol. The largest absolute Gasteiger partial charge is 0.481 e. The molecule has 0 spiro atoms. The van der Waals surface area contributed by atoms with E-state index in [2.05, 4.69) is 64.5 Å². The lowest BCUT2D eigenvalue weighted by Crippen LogP contribution is -2.69. The van der Waals surface area contributed by atoms with E-state index in [-0.39, 0.29) is 46.1 Å². The number of rotatable bonds is 8. The number of hydrogen-bond acceptors (Lipinski definition) is 8. The second-order valence-electron chi connectivity index (χ2n) is 19.7. The first-order valence-corrected chi connectivity index (χ1v) is 20.5. The van der Waals surface area contributed by atoms with E-state index in [0.29, 0.717) is 56.8 Å². The number of nitrogens with two attached hydrogens (primary N) is 1. The van der Waals surface area contributed by atoms with Gasteiger partial charge in [-0.25, -0.2) is 14.1 Å². The molecule has 1 unspecified atom stereocenters. The van der Waals surface area contributed by atoms with Crippen molar-refractivity contribution in [3.63, 3.8) is 0 Å².